The Hall–Kier alpha value is -1.34. The molecule has 1 aromatic heterocycles. The topological polar surface area (TPSA) is 79.6 Å². The van der Waals surface area contributed by atoms with Crippen LogP contribution in [0.5, 0.6) is 0 Å². The fourth-order valence-corrected chi connectivity index (χ4v) is 4.04. The van der Waals surface area contributed by atoms with Crippen molar-refractivity contribution in [2.45, 2.75) is 36.6 Å². The van der Waals surface area contributed by atoms with Crippen LogP contribution < -0.4 is 0 Å². The lowest BCUT2D eigenvalue weighted by atomic mass is 10.4. The lowest BCUT2D eigenvalue weighted by molar-refractivity contribution is 0.0685. The molecule has 1 aliphatic carbocycles. The summed E-state index contributed by atoms with van der Waals surface area (Å²) in [5, 5.41) is 9.16. The smallest absolute Gasteiger partial charge is 0.352 e. The Bertz CT molecular complexity index is 610. The van der Waals surface area contributed by atoms with Crippen LogP contribution in [-0.4, -0.2) is 41.5 Å². The number of hydrogen-bond acceptors (Lipinski definition) is 3. The van der Waals surface area contributed by atoms with Crippen LogP contribution in [0.4, 0.5) is 0 Å². The second-order valence-electron chi connectivity index (χ2n) is 5.12. The van der Waals surface area contributed by atoms with E-state index < -0.39 is 16.0 Å². The van der Waals surface area contributed by atoms with E-state index in [1.165, 1.54) is 16.6 Å². The highest BCUT2D eigenvalue weighted by Crippen LogP contribution is 2.37. The first-order chi connectivity index (χ1) is 9.00. The van der Waals surface area contributed by atoms with Gasteiger partial charge in [-0.1, -0.05) is 0 Å². The number of rotatable bonds is 4. The van der Waals surface area contributed by atoms with Gasteiger partial charge in [0.25, 0.3) is 0 Å². The summed E-state index contributed by atoms with van der Waals surface area (Å²) in [4.78, 5) is 11.3. The molecule has 6 nitrogen and oxygen atoms in total. The SMILES string of the molecule is O=C(O)c1cc(S(=O)(=O)N2CCCC2)cn1C1CC1. The average Bonchev–Trinajstić information content (AvgIpc) is 2.91. The molecule has 1 aromatic rings. The molecule has 0 aromatic carbocycles. The maximum absolute atomic E-state index is 12.4. The lowest BCUT2D eigenvalue weighted by Gasteiger charge is -2.13. The minimum atomic E-state index is -3.53. The molecule has 1 saturated heterocycles. The van der Waals surface area contributed by atoms with Crippen LogP contribution in [0.3, 0.4) is 0 Å². The summed E-state index contributed by atoms with van der Waals surface area (Å²) in [6.45, 7) is 1.05. The summed E-state index contributed by atoms with van der Waals surface area (Å²) in [7, 11) is -3.53. The molecule has 1 saturated carbocycles. The van der Waals surface area contributed by atoms with E-state index in [1.54, 1.807) is 4.57 Å². The van der Waals surface area contributed by atoms with Crippen LogP contribution in [0, 0.1) is 0 Å². The molecule has 0 unspecified atom stereocenters. The molecule has 0 amide bonds. The molecule has 1 aliphatic heterocycles. The number of carbonyl (C=O) groups is 1. The molecule has 2 fully saturated rings. The third-order valence-corrected chi connectivity index (χ3v) is 5.55. The molecule has 2 heterocycles. The van der Waals surface area contributed by atoms with E-state index in [0.29, 0.717) is 13.1 Å². The molecule has 0 spiro atoms. The second kappa shape index (κ2) is 4.35. The average molecular weight is 284 g/mol. The van der Waals surface area contributed by atoms with E-state index in [2.05, 4.69) is 0 Å². The predicted molar refractivity (Wildman–Crippen MR) is 67.7 cm³/mol. The highest BCUT2D eigenvalue weighted by molar-refractivity contribution is 7.89. The number of carboxylic acid groups (broad SMARTS) is 1. The monoisotopic (exact) mass is 284 g/mol. The number of sulfonamides is 1. The fourth-order valence-electron chi connectivity index (χ4n) is 2.50. The minimum Gasteiger partial charge on any atom is -0.477 e. The standard InChI is InChI=1S/C12H16N2O4S/c15-12(16)11-7-10(8-14(11)9-3-4-9)19(17,18)13-5-1-2-6-13/h7-9H,1-6H2,(H,15,16). The number of carboxylic acids is 1. The van der Waals surface area contributed by atoms with Gasteiger partial charge in [-0.25, -0.2) is 13.2 Å². The van der Waals surface area contributed by atoms with Crippen molar-refractivity contribution >= 4 is 16.0 Å². The largest absolute Gasteiger partial charge is 0.477 e. The van der Waals surface area contributed by atoms with Crippen LogP contribution in [0.1, 0.15) is 42.2 Å². The zero-order valence-electron chi connectivity index (χ0n) is 10.4. The molecule has 104 valence electrons. The van der Waals surface area contributed by atoms with Gasteiger partial charge in [0.2, 0.25) is 10.0 Å². The highest BCUT2D eigenvalue weighted by Gasteiger charge is 2.33. The van der Waals surface area contributed by atoms with E-state index in [0.717, 1.165) is 25.7 Å². The Balaban J connectivity index is 2.00. The first-order valence-corrected chi connectivity index (χ1v) is 7.89. The first kappa shape index (κ1) is 12.7. The third kappa shape index (κ3) is 2.17. The van der Waals surface area contributed by atoms with Crippen LogP contribution >= 0.6 is 0 Å². The normalized spacial score (nSPS) is 20.8. The number of aromatic nitrogens is 1. The van der Waals surface area contributed by atoms with E-state index in [1.807, 2.05) is 0 Å². The number of hydrogen-bond donors (Lipinski definition) is 1. The Kier molecular flexibility index (Phi) is 2.90. The van der Waals surface area contributed by atoms with Gasteiger partial charge in [-0.15, -0.1) is 0 Å². The Morgan fingerprint density at radius 1 is 1.26 bits per heavy atom. The van der Waals surface area contributed by atoms with Gasteiger partial charge in [-0.2, -0.15) is 4.31 Å². The van der Waals surface area contributed by atoms with Gasteiger partial charge in [0, 0.05) is 25.3 Å². The highest BCUT2D eigenvalue weighted by atomic mass is 32.2. The molecule has 0 atom stereocenters. The van der Waals surface area contributed by atoms with Crippen molar-refractivity contribution in [3.63, 3.8) is 0 Å². The van der Waals surface area contributed by atoms with Gasteiger partial charge in [0.15, 0.2) is 0 Å². The van der Waals surface area contributed by atoms with Crippen LogP contribution in [0.25, 0.3) is 0 Å². The summed E-state index contributed by atoms with van der Waals surface area (Å²) in [5.74, 6) is -1.07. The molecule has 19 heavy (non-hydrogen) atoms. The van der Waals surface area contributed by atoms with E-state index >= 15 is 0 Å². The van der Waals surface area contributed by atoms with Crippen molar-refractivity contribution in [3.05, 3.63) is 18.0 Å². The molecular formula is C12H16N2O4S. The van der Waals surface area contributed by atoms with Gasteiger partial charge < -0.3 is 9.67 Å². The molecule has 3 rings (SSSR count). The van der Waals surface area contributed by atoms with Crippen molar-refractivity contribution < 1.29 is 18.3 Å². The van der Waals surface area contributed by atoms with E-state index in [-0.39, 0.29) is 16.6 Å². The van der Waals surface area contributed by atoms with Gasteiger partial charge in [0.1, 0.15) is 10.6 Å². The van der Waals surface area contributed by atoms with Crippen LogP contribution in [0.15, 0.2) is 17.2 Å². The third-order valence-electron chi connectivity index (χ3n) is 3.69. The van der Waals surface area contributed by atoms with Crippen molar-refractivity contribution in [3.8, 4) is 0 Å². The Labute approximate surface area is 111 Å². The molecule has 7 heteroatoms. The molecular weight excluding hydrogens is 268 g/mol. The van der Waals surface area contributed by atoms with Crippen molar-refractivity contribution in [1.29, 1.82) is 0 Å². The predicted octanol–water partition coefficient (Wildman–Crippen LogP) is 1.31. The maximum Gasteiger partial charge on any atom is 0.352 e. The quantitative estimate of drug-likeness (QED) is 0.904. The second-order valence-corrected chi connectivity index (χ2v) is 7.05. The van der Waals surface area contributed by atoms with Crippen molar-refractivity contribution in [2.75, 3.05) is 13.1 Å². The number of aromatic carboxylic acids is 1. The summed E-state index contributed by atoms with van der Waals surface area (Å²) in [5.41, 5.74) is 0.0697. The van der Waals surface area contributed by atoms with Crippen molar-refractivity contribution in [2.24, 2.45) is 0 Å². The van der Waals surface area contributed by atoms with Gasteiger partial charge in [0.05, 0.1) is 0 Å². The van der Waals surface area contributed by atoms with E-state index in [9.17, 15) is 13.2 Å². The van der Waals surface area contributed by atoms with Gasteiger partial charge in [-0.3, -0.25) is 0 Å². The van der Waals surface area contributed by atoms with Crippen LogP contribution in [0.2, 0.25) is 0 Å². The Morgan fingerprint density at radius 2 is 1.89 bits per heavy atom. The van der Waals surface area contributed by atoms with Gasteiger partial charge in [-0.05, 0) is 31.7 Å². The zero-order chi connectivity index (χ0) is 13.6. The fraction of sp³-hybridized carbons (Fsp3) is 0.583. The summed E-state index contributed by atoms with van der Waals surface area (Å²) in [6, 6.07) is 1.43. The summed E-state index contributed by atoms with van der Waals surface area (Å²) < 4.78 is 27.8. The molecule has 2 aliphatic rings. The molecule has 0 bridgehead atoms. The Morgan fingerprint density at radius 3 is 2.42 bits per heavy atom. The lowest BCUT2D eigenvalue weighted by Crippen LogP contribution is -2.27. The molecule has 0 radical (unpaired) electrons. The summed E-state index contributed by atoms with van der Waals surface area (Å²) >= 11 is 0. The maximum atomic E-state index is 12.4. The molecule has 1 N–H and O–H groups in total. The van der Waals surface area contributed by atoms with Gasteiger partial charge >= 0.3 is 5.97 Å². The minimum absolute atomic E-state index is 0.0697. The van der Waals surface area contributed by atoms with Crippen LogP contribution in [-0.2, 0) is 10.0 Å². The van der Waals surface area contributed by atoms with Crippen molar-refractivity contribution in [1.82, 2.24) is 8.87 Å². The zero-order valence-corrected chi connectivity index (χ0v) is 11.3. The number of nitrogens with zero attached hydrogens (tertiary/aromatic N) is 2. The first-order valence-electron chi connectivity index (χ1n) is 6.45. The van der Waals surface area contributed by atoms with E-state index in [4.69, 9.17) is 5.11 Å². The summed E-state index contributed by atoms with van der Waals surface area (Å²) in [6.07, 6.45) is 5.05.